The van der Waals surface area contributed by atoms with Gasteiger partial charge in [0.2, 0.25) is 0 Å². The van der Waals surface area contributed by atoms with E-state index < -0.39 is 0 Å². The molecule has 3 heteroatoms. The van der Waals surface area contributed by atoms with Crippen molar-refractivity contribution in [1.82, 2.24) is 4.98 Å². The van der Waals surface area contributed by atoms with Gasteiger partial charge in [-0.05, 0) is 42.8 Å². The summed E-state index contributed by atoms with van der Waals surface area (Å²) >= 11 is 0. The predicted molar refractivity (Wildman–Crippen MR) is 66.7 cm³/mol. The molecule has 3 nitrogen and oxygen atoms in total. The maximum atomic E-state index is 5.50. The fourth-order valence-corrected chi connectivity index (χ4v) is 1.52. The lowest BCUT2D eigenvalue weighted by molar-refractivity contribution is 0.969. The van der Waals surface area contributed by atoms with Gasteiger partial charge in [0, 0.05) is 23.8 Å². The minimum atomic E-state index is 0.692. The van der Waals surface area contributed by atoms with E-state index >= 15 is 0 Å². The Kier molecular flexibility index (Phi) is 3.51. The second-order valence-electron chi connectivity index (χ2n) is 3.60. The Morgan fingerprint density at radius 2 is 1.56 bits per heavy atom. The molecule has 0 saturated carbocycles. The largest absolute Gasteiger partial charge is 0.355 e. The topological polar surface area (TPSA) is 50.9 Å². The summed E-state index contributed by atoms with van der Waals surface area (Å²) in [5.41, 5.74) is 8.89. The molecule has 0 fully saturated rings. The monoisotopic (exact) mass is 213 g/mol. The smallest absolute Gasteiger partial charge is 0.0415 e. The van der Waals surface area contributed by atoms with Gasteiger partial charge < -0.3 is 11.1 Å². The average molecular weight is 213 g/mol. The Labute approximate surface area is 95.3 Å². The second kappa shape index (κ2) is 5.28. The van der Waals surface area contributed by atoms with Crippen LogP contribution in [0.25, 0.3) is 0 Å². The van der Waals surface area contributed by atoms with Crippen molar-refractivity contribution in [3.05, 3.63) is 54.4 Å². The van der Waals surface area contributed by atoms with E-state index in [1.807, 2.05) is 12.1 Å². The van der Waals surface area contributed by atoms with E-state index in [1.54, 1.807) is 12.4 Å². The third kappa shape index (κ3) is 2.81. The Hall–Kier alpha value is -1.87. The van der Waals surface area contributed by atoms with Crippen LogP contribution in [0, 0.1) is 0 Å². The van der Waals surface area contributed by atoms with Crippen LogP contribution < -0.4 is 11.1 Å². The number of nitrogens with two attached hydrogens (primary N) is 1. The van der Waals surface area contributed by atoms with Crippen LogP contribution in [0.4, 0.5) is 11.4 Å². The van der Waals surface area contributed by atoms with E-state index in [4.69, 9.17) is 5.73 Å². The lowest BCUT2D eigenvalue weighted by Crippen LogP contribution is -2.02. The van der Waals surface area contributed by atoms with E-state index in [2.05, 4.69) is 34.6 Å². The van der Waals surface area contributed by atoms with Crippen LogP contribution >= 0.6 is 0 Å². The van der Waals surface area contributed by atoms with Gasteiger partial charge in [0.05, 0.1) is 0 Å². The molecule has 0 spiro atoms. The molecule has 0 unspecified atom stereocenters. The van der Waals surface area contributed by atoms with Crippen LogP contribution in [0.15, 0.2) is 48.8 Å². The van der Waals surface area contributed by atoms with Gasteiger partial charge in [-0.25, -0.2) is 0 Å². The first-order chi connectivity index (χ1) is 7.88. The molecule has 0 aliphatic heterocycles. The van der Waals surface area contributed by atoms with Crippen molar-refractivity contribution in [2.24, 2.45) is 5.73 Å². The average Bonchev–Trinajstić information content (AvgIpc) is 2.33. The summed E-state index contributed by atoms with van der Waals surface area (Å²) in [5, 5.41) is 3.30. The number of benzene rings is 1. The molecule has 1 heterocycles. The van der Waals surface area contributed by atoms with Gasteiger partial charge >= 0.3 is 0 Å². The number of hydrogen-bond donors (Lipinski definition) is 2. The summed E-state index contributed by atoms with van der Waals surface area (Å²) < 4.78 is 0. The molecule has 16 heavy (non-hydrogen) atoms. The standard InChI is InChI=1S/C13H15N3/c14-8-5-11-1-3-12(4-2-11)16-13-6-9-15-10-7-13/h1-4,6-7,9-10H,5,8,14H2,(H,15,16). The maximum Gasteiger partial charge on any atom is 0.0415 e. The number of pyridine rings is 1. The van der Waals surface area contributed by atoms with Crippen LogP contribution in [0.5, 0.6) is 0 Å². The molecule has 1 aromatic heterocycles. The summed E-state index contributed by atoms with van der Waals surface area (Å²) in [5.74, 6) is 0. The molecule has 0 saturated heterocycles. The molecule has 0 radical (unpaired) electrons. The van der Waals surface area contributed by atoms with Crippen LogP contribution in [0.2, 0.25) is 0 Å². The highest BCUT2D eigenvalue weighted by Crippen LogP contribution is 2.15. The molecule has 2 aromatic rings. The highest BCUT2D eigenvalue weighted by Gasteiger charge is 1.94. The molecule has 0 aliphatic rings. The van der Waals surface area contributed by atoms with Crippen LogP contribution in [0.3, 0.4) is 0 Å². The summed E-state index contributed by atoms with van der Waals surface area (Å²) in [7, 11) is 0. The number of aromatic nitrogens is 1. The van der Waals surface area contributed by atoms with Gasteiger partial charge in [0.25, 0.3) is 0 Å². The Morgan fingerprint density at radius 3 is 2.19 bits per heavy atom. The lowest BCUT2D eigenvalue weighted by atomic mass is 10.1. The van der Waals surface area contributed by atoms with Crippen molar-refractivity contribution < 1.29 is 0 Å². The molecule has 3 N–H and O–H groups in total. The Bertz CT molecular complexity index is 423. The SMILES string of the molecule is NCCc1ccc(Nc2ccncc2)cc1. The van der Waals surface area contributed by atoms with E-state index in [0.29, 0.717) is 6.54 Å². The molecule has 0 atom stereocenters. The van der Waals surface area contributed by atoms with Crippen LogP contribution in [0.1, 0.15) is 5.56 Å². The van der Waals surface area contributed by atoms with Gasteiger partial charge in [-0.15, -0.1) is 0 Å². The molecule has 2 rings (SSSR count). The second-order valence-corrected chi connectivity index (χ2v) is 3.60. The van der Waals surface area contributed by atoms with E-state index in [0.717, 1.165) is 17.8 Å². The van der Waals surface area contributed by atoms with Crippen LogP contribution in [-0.2, 0) is 6.42 Å². The Morgan fingerprint density at radius 1 is 0.938 bits per heavy atom. The lowest BCUT2D eigenvalue weighted by Gasteiger charge is -2.06. The molecular formula is C13H15N3. The highest BCUT2D eigenvalue weighted by atomic mass is 14.9. The van der Waals surface area contributed by atoms with Gasteiger partial charge in [-0.2, -0.15) is 0 Å². The molecule has 1 aromatic carbocycles. The minimum absolute atomic E-state index is 0.692. The van der Waals surface area contributed by atoms with Crippen molar-refractivity contribution in [2.45, 2.75) is 6.42 Å². The van der Waals surface area contributed by atoms with E-state index in [-0.39, 0.29) is 0 Å². The molecule has 0 aliphatic carbocycles. The number of nitrogens with zero attached hydrogens (tertiary/aromatic N) is 1. The highest BCUT2D eigenvalue weighted by molar-refractivity contribution is 5.58. The first-order valence-electron chi connectivity index (χ1n) is 5.34. The van der Waals surface area contributed by atoms with Crippen molar-refractivity contribution >= 4 is 11.4 Å². The van der Waals surface area contributed by atoms with Gasteiger partial charge in [-0.1, -0.05) is 12.1 Å². The van der Waals surface area contributed by atoms with Gasteiger partial charge in [-0.3, -0.25) is 4.98 Å². The summed E-state index contributed by atoms with van der Waals surface area (Å²) in [6.07, 6.45) is 4.46. The fraction of sp³-hybridized carbons (Fsp3) is 0.154. The zero-order valence-electron chi connectivity index (χ0n) is 9.06. The van der Waals surface area contributed by atoms with E-state index in [1.165, 1.54) is 5.56 Å². The van der Waals surface area contributed by atoms with Crippen molar-refractivity contribution in [3.63, 3.8) is 0 Å². The third-order valence-electron chi connectivity index (χ3n) is 2.36. The zero-order valence-corrected chi connectivity index (χ0v) is 9.06. The van der Waals surface area contributed by atoms with Crippen molar-refractivity contribution in [2.75, 3.05) is 11.9 Å². The molecule has 0 amide bonds. The molecule has 82 valence electrons. The number of anilines is 2. The number of nitrogens with one attached hydrogen (secondary N) is 1. The molecule has 0 bridgehead atoms. The number of hydrogen-bond acceptors (Lipinski definition) is 3. The maximum absolute atomic E-state index is 5.50. The molecular weight excluding hydrogens is 198 g/mol. The van der Waals surface area contributed by atoms with Crippen molar-refractivity contribution in [3.8, 4) is 0 Å². The van der Waals surface area contributed by atoms with Gasteiger partial charge in [0.15, 0.2) is 0 Å². The summed E-state index contributed by atoms with van der Waals surface area (Å²) in [6, 6.07) is 12.2. The normalized spacial score (nSPS) is 10.1. The Balaban J connectivity index is 2.05. The van der Waals surface area contributed by atoms with E-state index in [9.17, 15) is 0 Å². The quantitative estimate of drug-likeness (QED) is 0.819. The number of rotatable bonds is 4. The third-order valence-corrected chi connectivity index (χ3v) is 2.36. The van der Waals surface area contributed by atoms with Crippen molar-refractivity contribution in [1.29, 1.82) is 0 Å². The summed E-state index contributed by atoms with van der Waals surface area (Å²) in [6.45, 7) is 0.692. The minimum Gasteiger partial charge on any atom is -0.355 e. The zero-order chi connectivity index (χ0) is 11.2. The first-order valence-corrected chi connectivity index (χ1v) is 5.34. The van der Waals surface area contributed by atoms with Crippen LogP contribution in [-0.4, -0.2) is 11.5 Å². The summed E-state index contributed by atoms with van der Waals surface area (Å²) in [4.78, 5) is 3.97. The van der Waals surface area contributed by atoms with Gasteiger partial charge in [0.1, 0.15) is 0 Å². The first kappa shape index (κ1) is 10.6. The fourth-order valence-electron chi connectivity index (χ4n) is 1.52. The predicted octanol–water partition coefficient (Wildman–Crippen LogP) is 2.33.